The first-order chi connectivity index (χ1) is 14.8. The standard InChI is InChI=1S/C23H21FN4O2S/c1-13(2)21(29)25-16-6-8-17(9-7-16)26-22(30)20-12-19-14(3)27-28(23(19)31-20)18-10-4-15(24)5-11-18/h4-13H,1-3H3,(H,25,29)(H,26,30). The SMILES string of the molecule is Cc1nn(-c2ccc(F)cc2)c2sc(C(=O)Nc3ccc(NC(=O)C(C)C)cc3)cc12. The Labute approximate surface area is 182 Å². The van der Waals surface area contributed by atoms with Gasteiger partial charge < -0.3 is 10.6 Å². The number of carbonyl (C=O) groups excluding carboxylic acids is 2. The van der Waals surface area contributed by atoms with Crippen LogP contribution in [-0.2, 0) is 4.79 Å². The number of anilines is 2. The molecule has 2 aromatic heterocycles. The lowest BCUT2D eigenvalue weighted by atomic mass is 10.2. The molecule has 2 heterocycles. The minimum absolute atomic E-state index is 0.0624. The highest BCUT2D eigenvalue weighted by Gasteiger charge is 2.17. The molecule has 158 valence electrons. The van der Waals surface area contributed by atoms with Gasteiger partial charge in [0.2, 0.25) is 5.91 Å². The maximum absolute atomic E-state index is 13.3. The van der Waals surface area contributed by atoms with Crippen LogP contribution in [0.15, 0.2) is 54.6 Å². The van der Waals surface area contributed by atoms with E-state index in [1.54, 1.807) is 41.1 Å². The summed E-state index contributed by atoms with van der Waals surface area (Å²) in [5.41, 5.74) is 2.82. The lowest BCUT2D eigenvalue weighted by Crippen LogP contribution is -2.17. The summed E-state index contributed by atoms with van der Waals surface area (Å²) in [6, 6.07) is 14.9. The summed E-state index contributed by atoms with van der Waals surface area (Å²) in [6.07, 6.45) is 0. The van der Waals surface area contributed by atoms with Gasteiger partial charge in [0.05, 0.1) is 16.3 Å². The first-order valence-corrected chi connectivity index (χ1v) is 10.6. The number of fused-ring (bicyclic) bond motifs is 1. The summed E-state index contributed by atoms with van der Waals surface area (Å²) >= 11 is 1.32. The molecule has 0 atom stereocenters. The third kappa shape index (κ3) is 4.34. The van der Waals surface area contributed by atoms with E-state index in [-0.39, 0.29) is 23.5 Å². The second kappa shape index (κ2) is 8.31. The van der Waals surface area contributed by atoms with E-state index in [1.165, 1.54) is 23.5 Å². The number of benzene rings is 2. The molecule has 0 bridgehead atoms. The van der Waals surface area contributed by atoms with E-state index in [0.29, 0.717) is 16.3 Å². The molecule has 0 saturated carbocycles. The smallest absolute Gasteiger partial charge is 0.265 e. The number of halogens is 1. The first-order valence-electron chi connectivity index (χ1n) is 9.79. The molecule has 31 heavy (non-hydrogen) atoms. The molecule has 8 heteroatoms. The number of aromatic nitrogens is 2. The van der Waals surface area contributed by atoms with Crippen molar-refractivity contribution in [3.8, 4) is 5.69 Å². The van der Waals surface area contributed by atoms with Gasteiger partial charge in [-0.15, -0.1) is 11.3 Å². The van der Waals surface area contributed by atoms with Gasteiger partial charge in [0.25, 0.3) is 5.91 Å². The Morgan fingerprint density at radius 2 is 1.61 bits per heavy atom. The predicted molar refractivity (Wildman–Crippen MR) is 122 cm³/mol. The van der Waals surface area contributed by atoms with E-state index in [1.807, 2.05) is 26.8 Å². The van der Waals surface area contributed by atoms with Crippen molar-refractivity contribution < 1.29 is 14.0 Å². The van der Waals surface area contributed by atoms with Crippen LogP contribution < -0.4 is 10.6 Å². The maximum Gasteiger partial charge on any atom is 0.265 e. The Balaban J connectivity index is 1.54. The topological polar surface area (TPSA) is 76.0 Å². The molecule has 0 aliphatic rings. The van der Waals surface area contributed by atoms with Crippen molar-refractivity contribution in [1.82, 2.24) is 9.78 Å². The van der Waals surface area contributed by atoms with Crippen LogP contribution in [0.25, 0.3) is 15.9 Å². The van der Waals surface area contributed by atoms with E-state index < -0.39 is 0 Å². The average Bonchev–Trinajstić information content (AvgIpc) is 3.31. The van der Waals surface area contributed by atoms with Crippen molar-refractivity contribution in [2.24, 2.45) is 5.92 Å². The Morgan fingerprint density at radius 3 is 2.23 bits per heavy atom. The first kappa shape index (κ1) is 20.7. The fraction of sp³-hybridized carbons (Fsp3) is 0.174. The van der Waals surface area contributed by atoms with E-state index in [0.717, 1.165) is 21.6 Å². The van der Waals surface area contributed by atoms with Crippen molar-refractivity contribution in [2.45, 2.75) is 20.8 Å². The molecule has 2 amide bonds. The summed E-state index contributed by atoms with van der Waals surface area (Å²) in [4.78, 5) is 25.9. The molecule has 4 aromatic rings. The zero-order chi connectivity index (χ0) is 22.1. The van der Waals surface area contributed by atoms with Crippen molar-refractivity contribution in [3.05, 3.63) is 71.0 Å². The monoisotopic (exact) mass is 436 g/mol. The quantitative estimate of drug-likeness (QED) is 0.441. The highest BCUT2D eigenvalue weighted by Crippen LogP contribution is 2.31. The summed E-state index contributed by atoms with van der Waals surface area (Å²) in [5.74, 6) is -0.718. The van der Waals surface area contributed by atoms with Crippen LogP contribution in [0, 0.1) is 18.7 Å². The van der Waals surface area contributed by atoms with Gasteiger partial charge in [-0.25, -0.2) is 9.07 Å². The van der Waals surface area contributed by atoms with E-state index >= 15 is 0 Å². The zero-order valence-corrected chi connectivity index (χ0v) is 18.1. The van der Waals surface area contributed by atoms with Crippen LogP contribution in [-0.4, -0.2) is 21.6 Å². The van der Waals surface area contributed by atoms with Gasteiger partial charge in [0.1, 0.15) is 10.6 Å². The van der Waals surface area contributed by atoms with Gasteiger partial charge in [-0.3, -0.25) is 9.59 Å². The van der Waals surface area contributed by atoms with Gasteiger partial charge in [-0.1, -0.05) is 13.8 Å². The molecule has 0 fully saturated rings. The maximum atomic E-state index is 13.3. The van der Waals surface area contributed by atoms with Crippen LogP contribution in [0.3, 0.4) is 0 Å². The van der Waals surface area contributed by atoms with E-state index in [9.17, 15) is 14.0 Å². The Bertz CT molecular complexity index is 1260. The number of amides is 2. The second-order valence-electron chi connectivity index (χ2n) is 7.48. The van der Waals surface area contributed by atoms with Crippen LogP contribution >= 0.6 is 11.3 Å². The Kier molecular flexibility index (Phi) is 5.56. The van der Waals surface area contributed by atoms with E-state index in [2.05, 4.69) is 15.7 Å². The number of aryl methyl sites for hydroxylation is 1. The lowest BCUT2D eigenvalue weighted by Gasteiger charge is -2.09. The largest absolute Gasteiger partial charge is 0.326 e. The number of hydrogen-bond acceptors (Lipinski definition) is 4. The normalized spacial score (nSPS) is 11.1. The number of rotatable bonds is 5. The molecule has 0 spiro atoms. The molecule has 6 nitrogen and oxygen atoms in total. The molecule has 4 rings (SSSR count). The third-order valence-electron chi connectivity index (χ3n) is 4.77. The number of nitrogens with zero attached hydrogens (tertiary/aromatic N) is 2. The van der Waals surface area contributed by atoms with Crippen LogP contribution in [0.5, 0.6) is 0 Å². The number of nitrogens with one attached hydrogen (secondary N) is 2. The zero-order valence-electron chi connectivity index (χ0n) is 17.3. The number of carbonyl (C=O) groups is 2. The van der Waals surface area contributed by atoms with Crippen LogP contribution in [0.1, 0.15) is 29.2 Å². The fourth-order valence-corrected chi connectivity index (χ4v) is 4.11. The van der Waals surface area contributed by atoms with Gasteiger partial charge in [-0.2, -0.15) is 5.10 Å². The minimum Gasteiger partial charge on any atom is -0.326 e. The molecular formula is C23H21FN4O2S. The van der Waals surface area contributed by atoms with Crippen LogP contribution in [0.4, 0.5) is 15.8 Å². The van der Waals surface area contributed by atoms with Crippen molar-refractivity contribution in [3.63, 3.8) is 0 Å². The number of thiophene rings is 1. The van der Waals surface area contributed by atoms with Crippen LogP contribution in [0.2, 0.25) is 0 Å². The summed E-state index contributed by atoms with van der Waals surface area (Å²) in [6.45, 7) is 5.53. The molecule has 0 saturated heterocycles. The Hall–Kier alpha value is -3.52. The summed E-state index contributed by atoms with van der Waals surface area (Å²) in [5, 5.41) is 11.1. The minimum atomic E-state index is -0.315. The second-order valence-corrected chi connectivity index (χ2v) is 8.51. The van der Waals surface area contributed by atoms with Gasteiger partial charge in [-0.05, 0) is 61.5 Å². The highest BCUT2D eigenvalue weighted by molar-refractivity contribution is 7.20. The molecule has 2 N–H and O–H groups in total. The molecule has 0 aliphatic heterocycles. The fourth-order valence-electron chi connectivity index (χ4n) is 3.03. The Morgan fingerprint density at radius 1 is 1.00 bits per heavy atom. The van der Waals surface area contributed by atoms with Crippen molar-refractivity contribution >= 4 is 44.7 Å². The van der Waals surface area contributed by atoms with Gasteiger partial charge in [0, 0.05) is 22.7 Å². The average molecular weight is 437 g/mol. The van der Waals surface area contributed by atoms with Gasteiger partial charge >= 0.3 is 0 Å². The number of hydrogen-bond donors (Lipinski definition) is 2. The molecule has 0 unspecified atom stereocenters. The highest BCUT2D eigenvalue weighted by atomic mass is 32.1. The predicted octanol–water partition coefficient (Wildman–Crippen LogP) is 5.38. The van der Waals surface area contributed by atoms with Gasteiger partial charge in [0.15, 0.2) is 0 Å². The van der Waals surface area contributed by atoms with Crippen molar-refractivity contribution in [2.75, 3.05) is 10.6 Å². The van der Waals surface area contributed by atoms with Crippen molar-refractivity contribution in [1.29, 1.82) is 0 Å². The third-order valence-corrected chi connectivity index (χ3v) is 5.88. The summed E-state index contributed by atoms with van der Waals surface area (Å²) in [7, 11) is 0. The molecule has 0 radical (unpaired) electrons. The van der Waals surface area contributed by atoms with E-state index in [4.69, 9.17) is 0 Å². The molecular weight excluding hydrogens is 415 g/mol. The molecule has 2 aromatic carbocycles. The lowest BCUT2D eigenvalue weighted by molar-refractivity contribution is -0.118. The molecule has 0 aliphatic carbocycles. The summed E-state index contributed by atoms with van der Waals surface area (Å²) < 4.78 is 15.0.